The summed E-state index contributed by atoms with van der Waals surface area (Å²) < 4.78 is 0. The molecule has 0 radical (unpaired) electrons. The standard InChI is InChI=1S/C21H13N3O5/c25-20-17-18(13-8-10-14(11-9-13)24(27)28)22-29-19(17)21(26)23(20)16-7-3-5-12-4-1-2-6-15(12)16/h1-11,17,19H/t17-,19+/m0/s1. The lowest BCUT2D eigenvalue weighted by molar-refractivity contribution is -0.384. The zero-order valence-electron chi connectivity index (χ0n) is 14.9. The highest BCUT2D eigenvalue weighted by Crippen LogP contribution is 2.38. The monoisotopic (exact) mass is 387 g/mol. The summed E-state index contributed by atoms with van der Waals surface area (Å²) in [6.07, 6.45) is -1.04. The molecule has 3 aromatic carbocycles. The molecule has 0 unspecified atom stereocenters. The first-order chi connectivity index (χ1) is 14.1. The second-order valence-corrected chi connectivity index (χ2v) is 6.79. The first kappa shape index (κ1) is 17.1. The van der Waals surface area contributed by atoms with Crippen molar-refractivity contribution in [2.75, 3.05) is 4.90 Å². The number of nitro groups is 1. The summed E-state index contributed by atoms with van der Waals surface area (Å²) >= 11 is 0. The summed E-state index contributed by atoms with van der Waals surface area (Å²) in [5, 5.41) is 16.5. The van der Waals surface area contributed by atoms with Gasteiger partial charge in [0.1, 0.15) is 11.6 Å². The Morgan fingerprint density at radius 1 is 0.931 bits per heavy atom. The number of rotatable bonds is 3. The van der Waals surface area contributed by atoms with Crippen molar-refractivity contribution >= 4 is 39.7 Å². The van der Waals surface area contributed by atoms with E-state index in [9.17, 15) is 19.7 Å². The fourth-order valence-corrected chi connectivity index (χ4v) is 3.81. The summed E-state index contributed by atoms with van der Waals surface area (Å²) in [4.78, 5) is 43.0. The second-order valence-electron chi connectivity index (χ2n) is 6.79. The molecule has 8 heteroatoms. The minimum absolute atomic E-state index is 0.0731. The van der Waals surface area contributed by atoms with Gasteiger partial charge < -0.3 is 4.84 Å². The lowest BCUT2D eigenvalue weighted by Gasteiger charge is -2.17. The third-order valence-corrected chi connectivity index (χ3v) is 5.19. The van der Waals surface area contributed by atoms with Crippen LogP contribution >= 0.6 is 0 Å². The number of oxime groups is 1. The molecule has 142 valence electrons. The first-order valence-corrected chi connectivity index (χ1v) is 8.90. The highest BCUT2D eigenvalue weighted by atomic mass is 16.7. The van der Waals surface area contributed by atoms with Crippen LogP contribution in [-0.2, 0) is 14.4 Å². The van der Waals surface area contributed by atoms with Gasteiger partial charge in [-0.25, -0.2) is 4.90 Å². The Labute approximate surface area is 164 Å². The van der Waals surface area contributed by atoms with Gasteiger partial charge in [0.2, 0.25) is 12.0 Å². The Morgan fingerprint density at radius 2 is 1.66 bits per heavy atom. The lowest BCUT2D eigenvalue weighted by Crippen LogP contribution is -2.33. The number of non-ortho nitro benzene ring substituents is 1. The number of amides is 2. The van der Waals surface area contributed by atoms with Gasteiger partial charge in [-0.1, -0.05) is 41.6 Å². The molecule has 3 aromatic rings. The average molecular weight is 387 g/mol. The van der Waals surface area contributed by atoms with Crippen LogP contribution in [0.4, 0.5) is 11.4 Å². The van der Waals surface area contributed by atoms with Gasteiger partial charge in [0, 0.05) is 23.1 Å². The Balaban J connectivity index is 1.54. The van der Waals surface area contributed by atoms with Gasteiger partial charge >= 0.3 is 0 Å². The van der Waals surface area contributed by atoms with Crippen LogP contribution in [0, 0.1) is 16.0 Å². The number of fused-ring (bicyclic) bond motifs is 2. The topological polar surface area (TPSA) is 102 Å². The fraction of sp³-hybridized carbons (Fsp3) is 0.0952. The normalized spacial score (nSPS) is 20.6. The molecule has 8 nitrogen and oxygen atoms in total. The highest BCUT2D eigenvalue weighted by molar-refractivity contribution is 6.33. The number of nitrogens with zero attached hydrogens (tertiary/aromatic N) is 3. The van der Waals surface area contributed by atoms with Crippen LogP contribution in [0.2, 0.25) is 0 Å². The van der Waals surface area contributed by atoms with Crippen molar-refractivity contribution in [3.05, 3.63) is 82.4 Å². The number of carbonyl (C=O) groups is 2. The molecule has 2 aliphatic heterocycles. The first-order valence-electron chi connectivity index (χ1n) is 8.90. The zero-order valence-corrected chi connectivity index (χ0v) is 14.9. The number of nitro benzene ring substituents is 1. The molecule has 0 aromatic heterocycles. The number of benzene rings is 3. The predicted molar refractivity (Wildman–Crippen MR) is 104 cm³/mol. The highest BCUT2D eigenvalue weighted by Gasteiger charge is 2.56. The molecule has 0 saturated carbocycles. The molecule has 2 atom stereocenters. The molecule has 1 saturated heterocycles. The number of carbonyl (C=O) groups excluding carboxylic acids is 2. The molecule has 0 N–H and O–H groups in total. The minimum atomic E-state index is -1.04. The number of anilines is 1. The van der Waals surface area contributed by atoms with Gasteiger partial charge in [0.15, 0.2) is 0 Å². The predicted octanol–water partition coefficient (Wildman–Crippen LogP) is 3.04. The number of hydrogen-bond acceptors (Lipinski definition) is 6. The van der Waals surface area contributed by atoms with E-state index >= 15 is 0 Å². The number of hydrogen-bond donors (Lipinski definition) is 0. The Morgan fingerprint density at radius 3 is 2.41 bits per heavy atom. The van der Waals surface area contributed by atoms with Crippen molar-refractivity contribution in [2.45, 2.75) is 6.10 Å². The summed E-state index contributed by atoms with van der Waals surface area (Å²) in [6.45, 7) is 0. The van der Waals surface area contributed by atoms with Crippen LogP contribution in [-0.4, -0.2) is 28.6 Å². The molecule has 0 bridgehead atoms. The van der Waals surface area contributed by atoms with E-state index < -0.39 is 28.8 Å². The van der Waals surface area contributed by atoms with Crippen molar-refractivity contribution in [3.63, 3.8) is 0 Å². The molecule has 0 aliphatic carbocycles. The van der Waals surface area contributed by atoms with E-state index in [4.69, 9.17) is 4.84 Å². The summed E-state index contributed by atoms with van der Waals surface area (Å²) in [6, 6.07) is 18.6. The Kier molecular flexibility index (Phi) is 3.67. The zero-order chi connectivity index (χ0) is 20.1. The second kappa shape index (κ2) is 6.23. The average Bonchev–Trinajstić information content (AvgIpc) is 3.28. The van der Waals surface area contributed by atoms with E-state index in [1.54, 1.807) is 12.1 Å². The van der Waals surface area contributed by atoms with E-state index in [-0.39, 0.29) is 5.69 Å². The molecule has 2 aliphatic rings. The van der Waals surface area contributed by atoms with E-state index in [0.717, 1.165) is 15.7 Å². The van der Waals surface area contributed by atoms with Gasteiger partial charge in [-0.05, 0) is 23.6 Å². The van der Waals surface area contributed by atoms with Crippen molar-refractivity contribution in [2.24, 2.45) is 11.1 Å². The fourth-order valence-electron chi connectivity index (χ4n) is 3.81. The van der Waals surface area contributed by atoms with Crippen LogP contribution in [0.5, 0.6) is 0 Å². The summed E-state index contributed by atoms with van der Waals surface area (Å²) in [5.74, 6) is -1.79. The quantitative estimate of drug-likeness (QED) is 0.390. The lowest BCUT2D eigenvalue weighted by atomic mass is 9.94. The van der Waals surface area contributed by atoms with Gasteiger partial charge in [-0.2, -0.15) is 0 Å². The van der Waals surface area contributed by atoms with E-state index in [1.165, 1.54) is 24.3 Å². The molecular weight excluding hydrogens is 374 g/mol. The van der Waals surface area contributed by atoms with Crippen LogP contribution in [0.15, 0.2) is 71.9 Å². The smallest absolute Gasteiger partial charge is 0.278 e. The Hall–Kier alpha value is -4.07. The maximum Gasteiger partial charge on any atom is 0.278 e. The van der Waals surface area contributed by atoms with Crippen LogP contribution in [0.3, 0.4) is 0 Å². The van der Waals surface area contributed by atoms with E-state index in [2.05, 4.69) is 5.16 Å². The molecule has 29 heavy (non-hydrogen) atoms. The van der Waals surface area contributed by atoms with Crippen LogP contribution in [0.25, 0.3) is 10.8 Å². The largest absolute Gasteiger partial charge is 0.381 e. The van der Waals surface area contributed by atoms with Gasteiger partial charge in [-0.3, -0.25) is 19.7 Å². The van der Waals surface area contributed by atoms with Crippen LogP contribution < -0.4 is 4.90 Å². The molecule has 5 rings (SSSR count). The molecule has 2 amide bonds. The SMILES string of the molecule is O=C1[C@H]2C(c3ccc([N+](=O)[O-])cc3)=NO[C@H]2C(=O)N1c1cccc2ccccc12. The Bertz CT molecular complexity index is 1210. The molecular formula is C21H13N3O5. The minimum Gasteiger partial charge on any atom is -0.381 e. The van der Waals surface area contributed by atoms with Gasteiger partial charge in [0.25, 0.3) is 11.6 Å². The van der Waals surface area contributed by atoms with Crippen LogP contribution in [0.1, 0.15) is 5.56 Å². The van der Waals surface area contributed by atoms with Gasteiger partial charge in [-0.15, -0.1) is 0 Å². The molecule has 0 spiro atoms. The van der Waals surface area contributed by atoms with Crippen molar-refractivity contribution < 1.29 is 19.3 Å². The van der Waals surface area contributed by atoms with E-state index in [1.807, 2.05) is 30.3 Å². The third kappa shape index (κ3) is 2.49. The van der Waals surface area contributed by atoms with Crippen molar-refractivity contribution in [3.8, 4) is 0 Å². The maximum absolute atomic E-state index is 13.2. The summed E-state index contributed by atoms with van der Waals surface area (Å²) in [5.41, 5.74) is 1.23. The number of imide groups is 1. The van der Waals surface area contributed by atoms with E-state index in [0.29, 0.717) is 17.0 Å². The molecule has 2 heterocycles. The van der Waals surface area contributed by atoms with Crippen molar-refractivity contribution in [1.82, 2.24) is 0 Å². The van der Waals surface area contributed by atoms with Gasteiger partial charge in [0.05, 0.1) is 10.6 Å². The summed E-state index contributed by atoms with van der Waals surface area (Å²) in [7, 11) is 0. The maximum atomic E-state index is 13.2. The molecule has 1 fully saturated rings. The van der Waals surface area contributed by atoms with Crippen molar-refractivity contribution in [1.29, 1.82) is 0 Å². The third-order valence-electron chi connectivity index (χ3n) is 5.19.